The van der Waals surface area contributed by atoms with Gasteiger partial charge in [0.15, 0.2) is 6.61 Å². The molecule has 23 heavy (non-hydrogen) atoms. The molecule has 0 bridgehead atoms. The molecule has 1 N–H and O–H groups in total. The first-order chi connectivity index (χ1) is 10.7. The van der Waals surface area contributed by atoms with Gasteiger partial charge >= 0.3 is 12.1 Å². The third-order valence-electron chi connectivity index (χ3n) is 2.45. The standard InChI is InChI=1S/C15H13ClF3NO3/c1-2-3-4-5-14(22)23-9-13(21)20-12-8-10(15(17,18)19)6-7-11(12)16/h2-8H,9H2,1H3,(H,20,21)/b3-2+,5-4+. The summed E-state index contributed by atoms with van der Waals surface area (Å²) in [5.74, 6) is -1.56. The second-order valence-electron chi connectivity index (χ2n) is 4.23. The molecule has 124 valence electrons. The first kappa shape index (κ1) is 18.8. The summed E-state index contributed by atoms with van der Waals surface area (Å²) >= 11 is 5.73. The number of hydrogen-bond donors (Lipinski definition) is 1. The summed E-state index contributed by atoms with van der Waals surface area (Å²) in [4.78, 5) is 22.8. The zero-order valence-electron chi connectivity index (χ0n) is 12.0. The molecule has 0 aliphatic heterocycles. The van der Waals surface area contributed by atoms with E-state index in [4.69, 9.17) is 11.6 Å². The molecule has 4 nitrogen and oxygen atoms in total. The van der Waals surface area contributed by atoms with Gasteiger partial charge in [0.2, 0.25) is 0 Å². The number of allylic oxidation sites excluding steroid dienone is 3. The van der Waals surface area contributed by atoms with E-state index in [-0.39, 0.29) is 10.7 Å². The van der Waals surface area contributed by atoms with Gasteiger partial charge in [-0.1, -0.05) is 29.8 Å². The highest BCUT2D eigenvalue weighted by molar-refractivity contribution is 6.33. The Balaban J connectivity index is 2.66. The molecule has 0 fully saturated rings. The minimum atomic E-state index is -4.56. The number of anilines is 1. The molecule has 0 unspecified atom stereocenters. The molecule has 0 saturated carbocycles. The van der Waals surface area contributed by atoms with Crippen LogP contribution in [0.3, 0.4) is 0 Å². The van der Waals surface area contributed by atoms with E-state index in [0.717, 1.165) is 18.2 Å². The first-order valence-electron chi connectivity index (χ1n) is 6.36. The van der Waals surface area contributed by atoms with Crippen molar-refractivity contribution < 1.29 is 27.5 Å². The van der Waals surface area contributed by atoms with Crippen molar-refractivity contribution in [2.75, 3.05) is 11.9 Å². The van der Waals surface area contributed by atoms with Crippen LogP contribution in [0.15, 0.2) is 42.5 Å². The molecule has 1 aromatic rings. The van der Waals surface area contributed by atoms with Crippen LogP contribution in [0, 0.1) is 0 Å². The van der Waals surface area contributed by atoms with Gasteiger partial charge in [0.25, 0.3) is 5.91 Å². The lowest BCUT2D eigenvalue weighted by Gasteiger charge is -2.11. The molecule has 0 aliphatic carbocycles. The second kappa shape index (κ2) is 8.38. The predicted octanol–water partition coefficient (Wildman–Crippen LogP) is 3.97. The summed E-state index contributed by atoms with van der Waals surface area (Å²) in [6.45, 7) is 1.10. The van der Waals surface area contributed by atoms with Crippen LogP contribution in [0.2, 0.25) is 5.02 Å². The second-order valence-corrected chi connectivity index (χ2v) is 4.64. The first-order valence-corrected chi connectivity index (χ1v) is 6.74. The van der Waals surface area contributed by atoms with E-state index in [0.29, 0.717) is 6.07 Å². The summed E-state index contributed by atoms with van der Waals surface area (Å²) in [6.07, 6.45) is 1.23. The van der Waals surface area contributed by atoms with Crippen molar-refractivity contribution in [2.45, 2.75) is 13.1 Å². The molecule has 0 saturated heterocycles. The quantitative estimate of drug-likeness (QED) is 0.498. The van der Waals surface area contributed by atoms with E-state index >= 15 is 0 Å². The van der Waals surface area contributed by atoms with Gasteiger partial charge in [-0.15, -0.1) is 0 Å². The van der Waals surface area contributed by atoms with Crippen molar-refractivity contribution >= 4 is 29.2 Å². The Morgan fingerprint density at radius 1 is 1.30 bits per heavy atom. The fourth-order valence-corrected chi connectivity index (χ4v) is 1.58. The molecule has 0 heterocycles. The predicted molar refractivity (Wildman–Crippen MR) is 80.0 cm³/mol. The third kappa shape index (κ3) is 6.56. The fourth-order valence-electron chi connectivity index (χ4n) is 1.41. The highest BCUT2D eigenvalue weighted by Gasteiger charge is 2.31. The van der Waals surface area contributed by atoms with Crippen molar-refractivity contribution in [2.24, 2.45) is 0 Å². The van der Waals surface area contributed by atoms with Crippen LogP contribution < -0.4 is 5.32 Å². The molecule has 0 spiro atoms. The molecule has 0 aliphatic rings. The van der Waals surface area contributed by atoms with Crippen LogP contribution in [0.25, 0.3) is 0 Å². The molecule has 1 aromatic carbocycles. The number of halogens is 4. The van der Waals surface area contributed by atoms with Crippen LogP contribution in [-0.4, -0.2) is 18.5 Å². The number of benzene rings is 1. The van der Waals surface area contributed by atoms with Crippen molar-refractivity contribution in [3.05, 3.63) is 53.1 Å². The van der Waals surface area contributed by atoms with Crippen LogP contribution in [0.1, 0.15) is 12.5 Å². The average Bonchev–Trinajstić information content (AvgIpc) is 2.46. The van der Waals surface area contributed by atoms with Crippen LogP contribution in [0.4, 0.5) is 18.9 Å². The van der Waals surface area contributed by atoms with E-state index < -0.39 is 30.2 Å². The summed E-state index contributed by atoms with van der Waals surface area (Å²) in [5, 5.41) is 2.09. The summed E-state index contributed by atoms with van der Waals surface area (Å²) in [7, 11) is 0. The van der Waals surface area contributed by atoms with Gasteiger partial charge in [0.1, 0.15) is 0 Å². The normalized spacial score (nSPS) is 11.9. The van der Waals surface area contributed by atoms with Crippen LogP contribution in [-0.2, 0) is 20.5 Å². The number of ether oxygens (including phenoxy) is 1. The zero-order chi connectivity index (χ0) is 17.5. The Morgan fingerprint density at radius 3 is 2.61 bits per heavy atom. The van der Waals surface area contributed by atoms with Crippen LogP contribution in [0.5, 0.6) is 0 Å². The van der Waals surface area contributed by atoms with E-state index in [1.54, 1.807) is 19.1 Å². The van der Waals surface area contributed by atoms with Gasteiger partial charge in [0.05, 0.1) is 16.3 Å². The van der Waals surface area contributed by atoms with Gasteiger partial charge in [-0.2, -0.15) is 13.2 Å². The SMILES string of the molecule is C/C=C/C=C/C(=O)OCC(=O)Nc1cc(C(F)(F)F)ccc1Cl. The van der Waals surface area contributed by atoms with Gasteiger partial charge in [-0.05, 0) is 25.1 Å². The Bertz CT molecular complexity index is 639. The Hall–Kier alpha value is -2.28. The molecular formula is C15H13ClF3NO3. The van der Waals surface area contributed by atoms with Gasteiger partial charge < -0.3 is 10.1 Å². The maximum Gasteiger partial charge on any atom is 0.416 e. The minimum Gasteiger partial charge on any atom is -0.452 e. The molecular weight excluding hydrogens is 335 g/mol. The molecule has 8 heteroatoms. The molecule has 0 atom stereocenters. The van der Waals surface area contributed by atoms with Crippen molar-refractivity contribution in [1.82, 2.24) is 0 Å². The fraction of sp³-hybridized carbons (Fsp3) is 0.200. The highest BCUT2D eigenvalue weighted by atomic mass is 35.5. The molecule has 0 aromatic heterocycles. The lowest BCUT2D eigenvalue weighted by atomic mass is 10.2. The lowest BCUT2D eigenvalue weighted by molar-refractivity contribution is -0.142. The maximum atomic E-state index is 12.6. The largest absolute Gasteiger partial charge is 0.452 e. The van der Waals surface area contributed by atoms with E-state index in [1.807, 2.05) is 0 Å². The lowest BCUT2D eigenvalue weighted by Crippen LogP contribution is -2.20. The number of carbonyl (C=O) groups is 2. The summed E-state index contributed by atoms with van der Waals surface area (Å²) in [5.41, 5.74) is -1.17. The van der Waals surface area contributed by atoms with Crippen LogP contribution >= 0.6 is 11.6 Å². The van der Waals surface area contributed by atoms with Gasteiger partial charge in [-0.25, -0.2) is 4.79 Å². The Kier molecular flexibility index (Phi) is 6.84. The number of esters is 1. The smallest absolute Gasteiger partial charge is 0.416 e. The highest BCUT2D eigenvalue weighted by Crippen LogP contribution is 2.33. The van der Waals surface area contributed by atoms with Crippen molar-refractivity contribution in [1.29, 1.82) is 0 Å². The van der Waals surface area contributed by atoms with Crippen molar-refractivity contribution in [3.63, 3.8) is 0 Å². The number of alkyl halides is 3. The minimum absolute atomic E-state index is 0.0642. The van der Waals surface area contributed by atoms with Gasteiger partial charge in [0, 0.05) is 6.08 Å². The Labute approximate surface area is 135 Å². The number of rotatable bonds is 5. The molecule has 1 rings (SSSR count). The Morgan fingerprint density at radius 2 is 2.00 bits per heavy atom. The number of carbonyl (C=O) groups excluding carboxylic acids is 2. The van der Waals surface area contributed by atoms with E-state index in [9.17, 15) is 22.8 Å². The third-order valence-corrected chi connectivity index (χ3v) is 2.78. The summed E-state index contributed by atoms with van der Waals surface area (Å²) < 4.78 is 42.4. The molecule has 1 amide bonds. The number of nitrogens with one attached hydrogen (secondary N) is 1. The number of amides is 1. The summed E-state index contributed by atoms with van der Waals surface area (Å²) in [6, 6.07) is 2.52. The van der Waals surface area contributed by atoms with E-state index in [2.05, 4.69) is 10.1 Å². The van der Waals surface area contributed by atoms with E-state index in [1.165, 1.54) is 6.08 Å². The van der Waals surface area contributed by atoms with Crippen molar-refractivity contribution in [3.8, 4) is 0 Å². The topological polar surface area (TPSA) is 55.4 Å². The number of hydrogen-bond acceptors (Lipinski definition) is 3. The zero-order valence-corrected chi connectivity index (χ0v) is 12.7. The monoisotopic (exact) mass is 347 g/mol. The molecule has 0 radical (unpaired) electrons. The maximum absolute atomic E-state index is 12.6. The average molecular weight is 348 g/mol. The van der Waals surface area contributed by atoms with Gasteiger partial charge in [-0.3, -0.25) is 4.79 Å².